The van der Waals surface area contributed by atoms with E-state index in [0.29, 0.717) is 17.5 Å². The summed E-state index contributed by atoms with van der Waals surface area (Å²) in [5.74, 6) is 0.945. The second kappa shape index (κ2) is 6.62. The summed E-state index contributed by atoms with van der Waals surface area (Å²) in [5.41, 5.74) is 14.3. The zero-order valence-electron chi connectivity index (χ0n) is 16.1. The van der Waals surface area contributed by atoms with Gasteiger partial charge in [0.1, 0.15) is 6.33 Å². The highest BCUT2D eigenvalue weighted by Gasteiger charge is 2.49. The predicted molar refractivity (Wildman–Crippen MR) is 111 cm³/mol. The highest BCUT2D eigenvalue weighted by Crippen LogP contribution is 2.51. The molecule has 2 aliphatic carbocycles. The van der Waals surface area contributed by atoms with Crippen LogP contribution in [0.25, 0.3) is 11.0 Å². The second-order valence-electron chi connectivity index (χ2n) is 8.63. The van der Waals surface area contributed by atoms with Gasteiger partial charge < -0.3 is 11.5 Å². The standard InChI is InChI=1S/C21H25N5O2S/c22-17-8-15-10-21(23,11-16(15)9-17)19-18-6-7-26(20(18)25-13-24-19)29(27,28)12-14-4-2-1-3-5-14/h1-7,13,15-17H,8-12,22-23H2. The van der Waals surface area contributed by atoms with Crippen molar-refractivity contribution in [2.24, 2.45) is 23.3 Å². The summed E-state index contributed by atoms with van der Waals surface area (Å²) in [6.07, 6.45) is 6.67. The van der Waals surface area contributed by atoms with Crippen LogP contribution in [0.15, 0.2) is 48.9 Å². The molecular weight excluding hydrogens is 386 g/mol. The quantitative estimate of drug-likeness (QED) is 0.679. The van der Waals surface area contributed by atoms with Crippen molar-refractivity contribution in [1.82, 2.24) is 13.9 Å². The van der Waals surface area contributed by atoms with Crippen LogP contribution in [0.3, 0.4) is 0 Å². The Morgan fingerprint density at radius 3 is 2.45 bits per heavy atom. The van der Waals surface area contributed by atoms with Gasteiger partial charge in [-0.3, -0.25) is 0 Å². The van der Waals surface area contributed by atoms with Gasteiger partial charge in [0.2, 0.25) is 10.0 Å². The minimum Gasteiger partial charge on any atom is -0.328 e. The molecule has 0 spiro atoms. The largest absolute Gasteiger partial charge is 0.328 e. The molecule has 7 nitrogen and oxygen atoms in total. The Labute approximate surface area is 170 Å². The summed E-state index contributed by atoms with van der Waals surface area (Å²) < 4.78 is 27.3. The number of rotatable bonds is 4. The first-order chi connectivity index (χ1) is 13.9. The maximum Gasteiger partial charge on any atom is 0.244 e. The number of nitrogens with zero attached hydrogens (tertiary/aromatic N) is 3. The second-order valence-corrected chi connectivity index (χ2v) is 10.5. The third-order valence-corrected chi connectivity index (χ3v) is 8.13. The van der Waals surface area contributed by atoms with E-state index in [0.717, 1.165) is 42.3 Å². The topological polar surface area (TPSA) is 117 Å². The van der Waals surface area contributed by atoms with Crippen LogP contribution in [0.4, 0.5) is 0 Å². The molecular formula is C21H25N5O2S. The van der Waals surface area contributed by atoms with E-state index < -0.39 is 15.6 Å². The van der Waals surface area contributed by atoms with Crippen molar-refractivity contribution >= 4 is 21.1 Å². The van der Waals surface area contributed by atoms with Gasteiger partial charge in [-0.1, -0.05) is 30.3 Å². The number of fused-ring (bicyclic) bond motifs is 2. The molecule has 29 heavy (non-hydrogen) atoms. The number of hydrogen-bond donors (Lipinski definition) is 2. The first-order valence-corrected chi connectivity index (χ1v) is 11.6. The van der Waals surface area contributed by atoms with Crippen molar-refractivity contribution in [3.8, 4) is 0 Å². The van der Waals surface area contributed by atoms with Crippen LogP contribution < -0.4 is 11.5 Å². The van der Waals surface area contributed by atoms with Crippen molar-refractivity contribution in [3.63, 3.8) is 0 Å². The first kappa shape index (κ1) is 18.7. The molecule has 4 N–H and O–H groups in total. The normalized spacial score (nSPS) is 29.4. The molecule has 2 saturated carbocycles. The Bertz CT molecular complexity index is 1140. The Kier molecular flexibility index (Phi) is 4.27. The maximum atomic E-state index is 13.0. The van der Waals surface area contributed by atoms with E-state index in [2.05, 4.69) is 9.97 Å². The molecule has 0 amide bonds. The SMILES string of the molecule is NC1CC2CC(N)(c3ncnc4c3ccn4S(=O)(=O)Cc3ccccc3)CC2C1. The fourth-order valence-corrected chi connectivity index (χ4v) is 6.78. The fraction of sp³-hybridized carbons (Fsp3) is 0.429. The van der Waals surface area contributed by atoms with Gasteiger partial charge in [-0.05, 0) is 49.1 Å². The van der Waals surface area contributed by atoms with Gasteiger partial charge in [-0.2, -0.15) is 0 Å². The zero-order valence-corrected chi connectivity index (χ0v) is 16.9. The molecule has 2 heterocycles. The summed E-state index contributed by atoms with van der Waals surface area (Å²) in [5, 5.41) is 0.718. The molecule has 2 aromatic heterocycles. The molecule has 2 fully saturated rings. The highest BCUT2D eigenvalue weighted by molar-refractivity contribution is 7.89. The average molecular weight is 412 g/mol. The minimum absolute atomic E-state index is 0.0905. The smallest absolute Gasteiger partial charge is 0.244 e. The monoisotopic (exact) mass is 411 g/mol. The van der Waals surface area contributed by atoms with Gasteiger partial charge in [-0.25, -0.2) is 22.4 Å². The lowest BCUT2D eigenvalue weighted by Gasteiger charge is -2.25. The lowest BCUT2D eigenvalue weighted by atomic mass is 9.89. The number of benzene rings is 1. The lowest BCUT2D eigenvalue weighted by Crippen LogP contribution is -2.36. The average Bonchev–Trinajstić information content (AvgIpc) is 3.33. The Hall–Kier alpha value is -2.29. The van der Waals surface area contributed by atoms with Crippen LogP contribution >= 0.6 is 0 Å². The fourth-order valence-electron chi connectivity index (χ4n) is 5.38. The van der Waals surface area contributed by atoms with Crippen molar-refractivity contribution in [1.29, 1.82) is 0 Å². The Balaban J connectivity index is 1.52. The van der Waals surface area contributed by atoms with E-state index in [9.17, 15) is 8.42 Å². The van der Waals surface area contributed by atoms with Crippen LogP contribution in [-0.4, -0.2) is 28.4 Å². The van der Waals surface area contributed by atoms with Gasteiger partial charge in [0, 0.05) is 17.6 Å². The highest BCUT2D eigenvalue weighted by atomic mass is 32.2. The van der Waals surface area contributed by atoms with Crippen LogP contribution in [0.1, 0.15) is 36.9 Å². The van der Waals surface area contributed by atoms with E-state index in [-0.39, 0.29) is 11.8 Å². The van der Waals surface area contributed by atoms with E-state index >= 15 is 0 Å². The predicted octanol–water partition coefficient (Wildman–Crippen LogP) is 2.11. The van der Waals surface area contributed by atoms with Gasteiger partial charge >= 0.3 is 0 Å². The summed E-state index contributed by atoms with van der Waals surface area (Å²) in [4.78, 5) is 8.80. The Morgan fingerprint density at radius 1 is 1.07 bits per heavy atom. The molecule has 2 aliphatic rings. The molecule has 1 aromatic carbocycles. The summed E-state index contributed by atoms with van der Waals surface area (Å²) in [6.45, 7) is 0. The van der Waals surface area contributed by atoms with Crippen LogP contribution in [0.5, 0.6) is 0 Å². The van der Waals surface area contributed by atoms with Gasteiger partial charge in [0.15, 0.2) is 5.65 Å². The van der Waals surface area contributed by atoms with Crippen LogP contribution in [-0.2, 0) is 21.3 Å². The number of nitrogens with two attached hydrogens (primary N) is 2. The van der Waals surface area contributed by atoms with Gasteiger partial charge in [-0.15, -0.1) is 0 Å². The van der Waals surface area contributed by atoms with E-state index in [1.807, 2.05) is 18.2 Å². The summed E-state index contributed by atoms with van der Waals surface area (Å²) in [6, 6.07) is 11.2. The maximum absolute atomic E-state index is 13.0. The molecule has 8 heteroatoms. The molecule has 152 valence electrons. The van der Waals surface area contributed by atoms with Crippen molar-refractivity contribution in [2.75, 3.05) is 0 Å². The molecule has 0 bridgehead atoms. The van der Waals surface area contributed by atoms with Crippen molar-refractivity contribution in [2.45, 2.75) is 43.0 Å². The molecule has 0 aliphatic heterocycles. The molecule has 5 rings (SSSR count). The Morgan fingerprint density at radius 2 is 1.76 bits per heavy atom. The molecule has 0 saturated heterocycles. The van der Waals surface area contributed by atoms with Crippen LogP contribution in [0, 0.1) is 11.8 Å². The molecule has 3 aromatic rings. The third kappa shape index (κ3) is 3.15. The zero-order chi connectivity index (χ0) is 20.2. The van der Waals surface area contributed by atoms with Crippen LogP contribution in [0.2, 0.25) is 0 Å². The van der Waals surface area contributed by atoms with Crippen molar-refractivity contribution in [3.05, 3.63) is 60.2 Å². The van der Waals surface area contributed by atoms with Gasteiger partial charge in [0.25, 0.3) is 0 Å². The third-order valence-electron chi connectivity index (χ3n) is 6.54. The summed E-state index contributed by atoms with van der Waals surface area (Å²) in [7, 11) is -3.61. The lowest BCUT2D eigenvalue weighted by molar-refractivity contribution is 0.398. The first-order valence-electron chi connectivity index (χ1n) is 10.00. The number of aromatic nitrogens is 3. The molecule has 2 unspecified atom stereocenters. The van der Waals surface area contributed by atoms with Crippen molar-refractivity contribution < 1.29 is 8.42 Å². The number of hydrogen-bond acceptors (Lipinski definition) is 6. The summed E-state index contributed by atoms with van der Waals surface area (Å²) >= 11 is 0. The van der Waals surface area contributed by atoms with E-state index in [4.69, 9.17) is 11.5 Å². The minimum atomic E-state index is -3.61. The van der Waals surface area contributed by atoms with Gasteiger partial charge in [0.05, 0.1) is 17.0 Å². The van der Waals surface area contributed by atoms with E-state index in [1.54, 1.807) is 24.4 Å². The molecule has 0 radical (unpaired) electrons. The van der Waals surface area contributed by atoms with E-state index in [1.165, 1.54) is 10.3 Å². The molecule has 2 atom stereocenters.